The molecule has 0 unspecified atom stereocenters. The summed E-state index contributed by atoms with van der Waals surface area (Å²) in [4.78, 5) is 0.0669. The van der Waals surface area contributed by atoms with Gasteiger partial charge in [-0.2, -0.15) is 0 Å². The minimum atomic E-state index is -3.70. The second-order valence-corrected chi connectivity index (χ2v) is 7.67. The van der Waals surface area contributed by atoms with Gasteiger partial charge in [0, 0.05) is 16.6 Å². The van der Waals surface area contributed by atoms with Crippen molar-refractivity contribution >= 4 is 37.6 Å². The monoisotopic (exact) mass is 419 g/mol. The molecule has 0 amide bonds. The van der Waals surface area contributed by atoms with Gasteiger partial charge in [-0.3, -0.25) is 0 Å². The Labute approximate surface area is 148 Å². The van der Waals surface area contributed by atoms with Crippen molar-refractivity contribution in [2.75, 3.05) is 14.2 Å². The van der Waals surface area contributed by atoms with Crippen LogP contribution in [0.2, 0.25) is 5.02 Å². The van der Waals surface area contributed by atoms with Gasteiger partial charge in [0.1, 0.15) is 11.5 Å². The number of rotatable bonds is 6. The van der Waals surface area contributed by atoms with E-state index in [0.717, 1.165) is 4.47 Å². The number of hydrogen-bond acceptors (Lipinski definition) is 4. The lowest BCUT2D eigenvalue weighted by molar-refractivity contribution is 0.409. The normalized spacial score (nSPS) is 11.3. The lowest BCUT2D eigenvalue weighted by atomic mass is 10.2. The van der Waals surface area contributed by atoms with E-state index in [1.54, 1.807) is 12.1 Å². The molecule has 0 saturated heterocycles. The molecule has 0 spiro atoms. The van der Waals surface area contributed by atoms with Crippen molar-refractivity contribution < 1.29 is 17.9 Å². The number of ether oxygens (including phenoxy) is 2. The summed E-state index contributed by atoms with van der Waals surface area (Å²) >= 11 is 9.33. The Morgan fingerprint density at radius 1 is 1.09 bits per heavy atom. The third kappa shape index (κ3) is 4.38. The van der Waals surface area contributed by atoms with Gasteiger partial charge >= 0.3 is 0 Å². The third-order valence-corrected chi connectivity index (χ3v) is 5.32. The molecule has 0 atom stereocenters. The van der Waals surface area contributed by atoms with Crippen molar-refractivity contribution in [2.45, 2.75) is 11.4 Å². The third-order valence-electron chi connectivity index (χ3n) is 3.13. The van der Waals surface area contributed by atoms with Crippen LogP contribution in [-0.2, 0) is 16.6 Å². The Balaban J connectivity index is 2.22. The van der Waals surface area contributed by atoms with Crippen LogP contribution in [0, 0.1) is 0 Å². The molecule has 2 rings (SSSR count). The molecule has 0 aliphatic rings. The summed E-state index contributed by atoms with van der Waals surface area (Å²) in [6.45, 7) is 0.0919. The van der Waals surface area contributed by atoms with Gasteiger partial charge in [-0.25, -0.2) is 13.1 Å². The van der Waals surface area contributed by atoms with Gasteiger partial charge in [0.05, 0.1) is 24.1 Å². The molecule has 0 heterocycles. The molecule has 5 nitrogen and oxygen atoms in total. The number of benzene rings is 2. The van der Waals surface area contributed by atoms with Gasteiger partial charge in [-0.15, -0.1) is 0 Å². The minimum absolute atomic E-state index is 0.0669. The highest BCUT2D eigenvalue weighted by Crippen LogP contribution is 2.27. The topological polar surface area (TPSA) is 64.6 Å². The van der Waals surface area contributed by atoms with Crippen LogP contribution in [0.3, 0.4) is 0 Å². The number of methoxy groups -OCH3 is 2. The fourth-order valence-electron chi connectivity index (χ4n) is 1.96. The molecule has 0 radical (unpaired) electrons. The zero-order valence-electron chi connectivity index (χ0n) is 12.5. The molecule has 2 aromatic rings. The summed E-state index contributed by atoms with van der Waals surface area (Å²) in [6, 6.07) is 9.67. The van der Waals surface area contributed by atoms with Gasteiger partial charge in [-0.05, 0) is 36.4 Å². The molecular weight excluding hydrogens is 406 g/mol. The van der Waals surface area contributed by atoms with E-state index in [1.165, 1.54) is 32.4 Å². The van der Waals surface area contributed by atoms with Gasteiger partial charge in [-0.1, -0.05) is 27.5 Å². The summed E-state index contributed by atoms with van der Waals surface area (Å²) in [5, 5.41) is 0.232. The predicted octanol–water partition coefficient (Wildman–Crippen LogP) is 3.60. The van der Waals surface area contributed by atoms with Crippen LogP contribution in [0.25, 0.3) is 0 Å². The van der Waals surface area contributed by atoms with Crippen molar-refractivity contribution in [3.05, 3.63) is 51.5 Å². The molecular formula is C15H15BrClNO4S. The molecule has 23 heavy (non-hydrogen) atoms. The van der Waals surface area contributed by atoms with E-state index in [-0.39, 0.29) is 16.5 Å². The van der Waals surface area contributed by atoms with E-state index < -0.39 is 10.0 Å². The van der Waals surface area contributed by atoms with Crippen LogP contribution in [-0.4, -0.2) is 22.6 Å². The summed E-state index contributed by atoms with van der Waals surface area (Å²) in [7, 11) is -0.707. The minimum Gasteiger partial charge on any atom is -0.496 e. The zero-order chi connectivity index (χ0) is 17.0. The van der Waals surface area contributed by atoms with Crippen molar-refractivity contribution in [3.8, 4) is 11.5 Å². The first-order chi connectivity index (χ1) is 10.9. The van der Waals surface area contributed by atoms with Crippen LogP contribution in [0.5, 0.6) is 11.5 Å². The largest absolute Gasteiger partial charge is 0.496 e. The molecule has 124 valence electrons. The van der Waals surface area contributed by atoms with Crippen molar-refractivity contribution in [1.29, 1.82) is 0 Å². The van der Waals surface area contributed by atoms with E-state index in [2.05, 4.69) is 20.7 Å². The smallest absolute Gasteiger partial charge is 0.240 e. The van der Waals surface area contributed by atoms with Crippen LogP contribution < -0.4 is 14.2 Å². The number of sulfonamides is 1. The number of halogens is 2. The molecule has 2 aromatic carbocycles. The van der Waals surface area contributed by atoms with Crippen LogP contribution >= 0.6 is 27.5 Å². The second kappa shape index (κ2) is 7.53. The zero-order valence-corrected chi connectivity index (χ0v) is 15.6. The van der Waals surface area contributed by atoms with E-state index in [9.17, 15) is 8.42 Å². The highest BCUT2D eigenvalue weighted by Gasteiger charge is 2.17. The highest BCUT2D eigenvalue weighted by atomic mass is 79.9. The maximum Gasteiger partial charge on any atom is 0.240 e. The molecule has 0 saturated carbocycles. The highest BCUT2D eigenvalue weighted by molar-refractivity contribution is 9.10. The average molecular weight is 421 g/mol. The van der Waals surface area contributed by atoms with E-state index in [0.29, 0.717) is 17.1 Å². The van der Waals surface area contributed by atoms with Gasteiger partial charge in [0.2, 0.25) is 10.0 Å². The fraction of sp³-hybridized carbons (Fsp3) is 0.200. The number of nitrogens with one attached hydrogen (secondary N) is 1. The van der Waals surface area contributed by atoms with Gasteiger partial charge in [0.25, 0.3) is 0 Å². The summed E-state index contributed by atoms with van der Waals surface area (Å²) in [5.74, 6) is 1.02. The van der Waals surface area contributed by atoms with Crippen LogP contribution in [0.15, 0.2) is 45.8 Å². The summed E-state index contributed by atoms with van der Waals surface area (Å²) in [5.41, 5.74) is 0.713. The maximum absolute atomic E-state index is 12.4. The van der Waals surface area contributed by atoms with Crippen molar-refractivity contribution in [1.82, 2.24) is 4.72 Å². The molecule has 0 fully saturated rings. The Bertz CT molecular complexity index is 811. The Kier molecular flexibility index (Phi) is 5.91. The first kappa shape index (κ1) is 18.1. The van der Waals surface area contributed by atoms with Crippen molar-refractivity contribution in [2.24, 2.45) is 0 Å². The standard InChI is InChI=1S/C15H15BrClNO4S/c1-21-14-5-3-11(16)7-10(14)9-18-23(19,20)12-4-6-15(22-2)13(17)8-12/h3-8,18H,9H2,1-2H3. The van der Waals surface area contributed by atoms with Gasteiger partial charge < -0.3 is 9.47 Å². The molecule has 1 N–H and O–H groups in total. The molecule has 8 heteroatoms. The lowest BCUT2D eigenvalue weighted by Gasteiger charge is -2.11. The Morgan fingerprint density at radius 2 is 1.74 bits per heavy atom. The first-order valence-electron chi connectivity index (χ1n) is 6.53. The van der Waals surface area contributed by atoms with Crippen LogP contribution in [0.4, 0.5) is 0 Å². The quantitative estimate of drug-likeness (QED) is 0.775. The Hall–Kier alpha value is -1.28. The van der Waals surface area contributed by atoms with E-state index in [1.807, 2.05) is 6.07 Å². The predicted molar refractivity (Wildman–Crippen MR) is 92.7 cm³/mol. The number of hydrogen-bond donors (Lipinski definition) is 1. The van der Waals surface area contributed by atoms with Crippen molar-refractivity contribution in [3.63, 3.8) is 0 Å². The average Bonchev–Trinajstić information content (AvgIpc) is 2.53. The summed E-state index contributed by atoms with van der Waals surface area (Å²) < 4.78 is 38.4. The molecule has 0 aromatic heterocycles. The molecule has 0 aliphatic heterocycles. The second-order valence-electron chi connectivity index (χ2n) is 4.58. The molecule has 0 aliphatic carbocycles. The molecule has 0 bridgehead atoms. The SMILES string of the molecule is COc1ccc(S(=O)(=O)NCc2cc(Br)ccc2OC)cc1Cl. The van der Waals surface area contributed by atoms with E-state index in [4.69, 9.17) is 21.1 Å². The lowest BCUT2D eigenvalue weighted by Crippen LogP contribution is -2.23. The van der Waals surface area contributed by atoms with Gasteiger partial charge in [0.15, 0.2) is 0 Å². The Morgan fingerprint density at radius 3 is 2.35 bits per heavy atom. The summed E-state index contributed by atoms with van der Waals surface area (Å²) in [6.07, 6.45) is 0. The first-order valence-corrected chi connectivity index (χ1v) is 9.18. The van der Waals surface area contributed by atoms with E-state index >= 15 is 0 Å². The fourth-order valence-corrected chi connectivity index (χ4v) is 3.72. The van der Waals surface area contributed by atoms with Crippen LogP contribution in [0.1, 0.15) is 5.56 Å². The maximum atomic E-state index is 12.4.